The molecule has 0 aliphatic carbocycles. The molecule has 0 atom stereocenters. The average Bonchev–Trinajstić information content (AvgIpc) is 2.59. The van der Waals surface area contributed by atoms with Crippen LogP contribution in [0.1, 0.15) is 16.1 Å². The largest absolute Gasteiger partial charge is 0.353 e. The molecule has 0 bridgehead atoms. The van der Waals surface area contributed by atoms with Crippen molar-refractivity contribution in [2.75, 3.05) is 45.2 Å². The van der Waals surface area contributed by atoms with Gasteiger partial charge in [-0.25, -0.2) is 10.0 Å². The van der Waals surface area contributed by atoms with Gasteiger partial charge in [-0.15, -0.1) is 0 Å². The van der Waals surface area contributed by atoms with E-state index in [1.165, 1.54) is 12.2 Å². The Kier molecular flexibility index (Phi) is 5.68. The lowest BCUT2D eigenvalue weighted by molar-refractivity contribution is -0.109. The zero-order valence-corrected chi connectivity index (χ0v) is 12.8. The van der Waals surface area contributed by atoms with Crippen molar-refractivity contribution in [1.29, 1.82) is 0 Å². The standard InChI is InChI=1S/C14H21N5O3/c1-18(22-2)14(21)12-4-3-11(9-16-10-20)17-13(12)19-7-5-15-6-8-19/h3-4,10,15H,5-9H2,1-2H3,(H,16,20). The summed E-state index contributed by atoms with van der Waals surface area (Å²) in [6.45, 7) is 3.55. The first-order valence-corrected chi connectivity index (χ1v) is 7.12. The van der Waals surface area contributed by atoms with Gasteiger partial charge in [0.05, 0.1) is 24.9 Å². The van der Waals surface area contributed by atoms with E-state index in [0.717, 1.165) is 26.2 Å². The molecule has 0 saturated carbocycles. The first kappa shape index (κ1) is 16.2. The van der Waals surface area contributed by atoms with Crippen molar-refractivity contribution in [3.8, 4) is 0 Å². The SMILES string of the molecule is CON(C)C(=O)c1ccc(CNC=O)nc1N1CCNCC1. The Hall–Kier alpha value is -2.19. The molecule has 120 valence electrons. The zero-order valence-electron chi connectivity index (χ0n) is 12.8. The highest BCUT2D eigenvalue weighted by Crippen LogP contribution is 2.21. The lowest BCUT2D eigenvalue weighted by atomic mass is 10.2. The van der Waals surface area contributed by atoms with Crippen LogP contribution in [0.4, 0.5) is 5.82 Å². The molecule has 0 spiro atoms. The van der Waals surface area contributed by atoms with E-state index in [0.29, 0.717) is 30.0 Å². The number of hydroxylamine groups is 2. The third-order valence-corrected chi connectivity index (χ3v) is 3.51. The van der Waals surface area contributed by atoms with E-state index in [1.807, 2.05) is 0 Å². The zero-order chi connectivity index (χ0) is 15.9. The molecule has 0 radical (unpaired) electrons. The summed E-state index contributed by atoms with van der Waals surface area (Å²) in [5, 5.41) is 7.02. The monoisotopic (exact) mass is 307 g/mol. The summed E-state index contributed by atoms with van der Waals surface area (Å²) < 4.78 is 0. The Labute approximate surface area is 129 Å². The smallest absolute Gasteiger partial charge is 0.280 e. The van der Waals surface area contributed by atoms with Crippen LogP contribution in [0.15, 0.2) is 12.1 Å². The summed E-state index contributed by atoms with van der Waals surface area (Å²) in [4.78, 5) is 34.4. The molecule has 1 saturated heterocycles. The topological polar surface area (TPSA) is 86.8 Å². The van der Waals surface area contributed by atoms with Gasteiger partial charge in [-0.3, -0.25) is 14.4 Å². The second kappa shape index (κ2) is 7.71. The summed E-state index contributed by atoms with van der Waals surface area (Å²) in [5.74, 6) is 0.374. The van der Waals surface area contributed by atoms with E-state index in [4.69, 9.17) is 4.84 Å². The van der Waals surface area contributed by atoms with Gasteiger partial charge in [0.25, 0.3) is 5.91 Å². The second-order valence-corrected chi connectivity index (χ2v) is 4.89. The number of hydrogen-bond acceptors (Lipinski definition) is 6. The van der Waals surface area contributed by atoms with E-state index in [2.05, 4.69) is 20.5 Å². The molecule has 2 rings (SSSR count). The molecule has 1 aromatic heterocycles. The molecular weight excluding hydrogens is 286 g/mol. The van der Waals surface area contributed by atoms with E-state index in [1.54, 1.807) is 19.2 Å². The second-order valence-electron chi connectivity index (χ2n) is 4.89. The van der Waals surface area contributed by atoms with Crippen molar-refractivity contribution in [1.82, 2.24) is 20.7 Å². The predicted molar refractivity (Wildman–Crippen MR) is 81.3 cm³/mol. The quantitative estimate of drug-likeness (QED) is 0.537. The highest BCUT2D eigenvalue weighted by atomic mass is 16.7. The van der Waals surface area contributed by atoms with Crippen LogP contribution in [0.2, 0.25) is 0 Å². The van der Waals surface area contributed by atoms with E-state index < -0.39 is 0 Å². The van der Waals surface area contributed by atoms with Gasteiger partial charge >= 0.3 is 0 Å². The maximum Gasteiger partial charge on any atom is 0.280 e. The summed E-state index contributed by atoms with van der Waals surface area (Å²) >= 11 is 0. The van der Waals surface area contributed by atoms with Crippen LogP contribution in [0.3, 0.4) is 0 Å². The van der Waals surface area contributed by atoms with E-state index in [9.17, 15) is 9.59 Å². The van der Waals surface area contributed by atoms with Gasteiger partial charge in [-0.2, -0.15) is 0 Å². The fourth-order valence-electron chi connectivity index (χ4n) is 2.27. The van der Waals surface area contributed by atoms with Crippen molar-refractivity contribution in [2.45, 2.75) is 6.54 Å². The number of nitrogens with zero attached hydrogens (tertiary/aromatic N) is 3. The highest BCUT2D eigenvalue weighted by molar-refractivity contribution is 5.98. The predicted octanol–water partition coefficient (Wildman–Crippen LogP) is -0.629. The summed E-state index contributed by atoms with van der Waals surface area (Å²) in [6.07, 6.45) is 0.629. The van der Waals surface area contributed by atoms with Gasteiger partial charge in [0.15, 0.2) is 0 Å². The van der Waals surface area contributed by atoms with E-state index >= 15 is 0 Å². The molecule has 22 heavy (non-hydrogen) atoms. The first-order chi connectivity index (χ1) is 10.7. The normalized spacial score (nSPS) is 14.5. The van der Waals surface area contributed by atoms with Crippen LogP contribution in [-0.2, 0) is 16.2 Å². The highest BCUT2D eigenvalue weighted by Gasteiger charge is 2.22. The molecule has 0 aromatic carbocycles. The molecular formula is C14H21N5O3. The van der Waals surface area contributed by atoms with Gasteiger partial charge in [-0.05, 0) is 12.1 Å². The Morgan fingerprint density at radius 3 is 2.86 bits per heavy atom. The Morgan fingerprint density at radius 2 is 2.23 bits per heavy atom. The minimum atomic E-state index is -0.251. The van der Waals surface area contributed by atoms with Crippen LogP contribution in [0, 0.1) is 0 Å². The molecule has 1 aliphatic heterocycles. The molecule has 8 heteroatoms. The Morgan fingerprint density at radius 1 is 1.50 bits per heavy atom. The van der Waals surface area contributed by atoms with Gasteiger partial charge in [0.2, 0.25) is 6.41 Å². The van der Waals surface area contributed by atoms with Crippen molar-refractivity contribution >= 4 is 18.1 Å². The van der Waals surface area contributed by atoms with Crippen LogP contribution in [-0.4, -0.2) is 62.7 Å². The number of amides is 2. The van der Waals surface area contributed by atoms with Crippen LogP contribution in [0.5, 0.6) is 0 Å². The number of nitrogens with one attached hydrogen (secondary N) is 2. The maximum atomic E-state index is 12.4. The summed E-state index contributed by atoms with van der Waals surface area (Å²) in [6, 6.07) is 3.46. The molecule has 2 heterocycles. The summed E-state index contributed by atoms with van der Waals surface area (Å²) in [5.41, 5.74) is 1.19. The first-order valence-electron chi connectivity index (χ1n) is 7.12. The Bertz CT molecular complexity index is 531. The molecule has 1 aliphatic rings. The average molecular weight is 307 g/mol. The van der Waals surface area contributed by atoms with Crippen molar-refractivity contribution in [3.63, 3.8) is 0 Å². The van der Waals surface area contributed by atoms with Crippen molar-refractivity contribution in [3.05, 3.63) is 23.4 Å². The third kappa shape index (κ3) is 3.71. The minimum Gasteiger partial charge on any atom is -0.353 e. The Balaban J connectivity index is 2.33. The number of piperazine rings is 1. The van der Waals surface area contributed by atoms with E-state index in [-0.39, 0.29) is 5.91 Å². The lowest BCUT2D eigenvalue weighted by Gasteiger charge is -2.30. The maximum absolute atomic E-state index is 12.4. The lowest BCUT2D eigenvalue weighted by Crippen LogP contribution is -2.45. The molecule has 2 amide bonds. The third-order valence-electron chi connectivity index (χ3n) is 3.51. The number of rotatable bonds is 6. The molecule has 1 fully saturated rings. The van der Waals surface area contributed by atoms with Gasteiger partial charge in [-0.1, -0.05) is 0 Å². The van der Waals surface area contributed by atoms with Gasteiger partial charge < -0.3 is 15.5 Å². The number of aromatic nitrogens is 1. The number of anilines is 1. The van der Waals surface area contributed by atoms with Crippen LogP contribution < -0.4 is 15.5 Å². The summed E-state index contributed by atoms with van der Waals surface area (Å²) in [7, 11) is 3.00. The molecule has 2 N–H and O–H groups in total. The number of pyridine rings is 1. The van der Waals surface area contributed by atoms with Crippen LogP contribution >= 0.6 is 0 Å². The van der Waals surface area contributed by atoms with Gasteiger partial charge in [0, 0.05) is 33.2 Å². The number of hydrogen-bond donors (Lipinski definition) is 2. The number of carbonyl (C=O) groups excluding carboxylic acids is 2. The fourth-order valence-corrected chi connectivity index (χ4v) is 2.27. The fraction of sp³-hybridized carbons (Fsp3) is 0.500. The molecule has 8 nitrogen and oxygen atoms in total. The van der Waals surface area contributed by atoms with Crippen molar-refractivity contribution in [2.24, 2.45) is 0 Å². The van der Waals surface area contributed by atoms with Crippen molar-refractivity contribution < 1.29 is 14.4 Å². The molecule has 0 unspecified atom stereocenters. The molecule has 1 aromatic rings. The minimum absolute atomic E-state index is 0.251. The van der Waals surface area contributed by atoms with Gasteiger partial charge in [0.1, 0.15) is 5.82 Å². The number of carbonyl (C=O) groups is 2. The van der Waals surface area contributed by atoms with Crippen LogP contribution in [0.25, 0.3) is 0 Å².